The molecule has 0 aliphatic carbocycles. The lowest BCUT2D eigenvalue weighted by atomic mass is 10.1. The molecule has 162 valence electrons. The summed E-state index contributed by atoms with van der Waals surface area (Å²) >= 11 is 0. The van der Waals surface area contributed by atoms with E-state index in [-0.39, 0.29) is 18.0 Å². The Morgan fingerprint density at radius 3 is 2.52 bits per heavy atom. The van der Waals surface area contributed by atoms with Crippen molar-refractivity contribution in [1.29, 1.82) is 0 Å². The van der Waals surface area contributed by atoms with Crippen LogP contribution in [0.4, 0.5) is 0 Å². The summed E-state index contributed by atoms with van der Waals surface area (Å²) in [6.45, 7) is 0.354. The van der Waals surface area contributed by atoms with E-state index in [4.69, 9.17) is 14.2 Å². The van der Waals surface area contributed by atoms with Crippen LogP contribution in [0.25, 0.3) is 0 Å². The van der Waals surface area contributed by atoms with Crippen molar-refractivity contribution < 1.29 is 23.8 Å². The third-order valence-electron chi connectivity index (χ3n) is 4.45. The molecule has 0 amide bonds. The molecule has 2 aromatic rings. The molecule has 0 spiro atoms. The van der Waals surface area contributed by atoms with E-state index in [9.17, 15) is 9.59 Å². The van der Waals surface area contributed by atoms with Crippen LogP contribution in [0.2, 0.25) is 0 Å². The van der Waals surface area contributed by atoms with Gasteiger partial charge in [0.15, 0.2) is 0 Å². The van der Waals surface area contributed by atoms with Gasteiger partial charge >= 0.3 is 11.9 Å². The van der Waals surface area contributed by atoms with Crippen LogP contribution in [0.1, 0.15) is 45.5 Å². The van der Waals surface area contributed by atoms with Gasteiger partial charge in [0.2, 0.25) is 0 Å². The van der Waals surface area contributed by atoms with Crippen molar-refractivity contribution >= 4 is 33.5 Å². The number of carbonyl (C=O) groups is 2. The summed E-state index contributed by atoms with van der Waals surface area (Å²) in [4.78, 5) is 24.1. The summed E-state index contributed by atoms with van der Waals surface area (Å²) in [5, 5.41) is 0. The lowest BCUT2D eigenvalue weighted by molar-refractivity contribution is 0.0396. The molecule has 0 radical (unpaired) electrons. The topological polar surface area (TPSA) is 61.8 Å². The lowest BCUT2D eigenvalue weighted by Crippen LogP contribution is -2.19. The van der Waals surface area contributed by atoms with E-state index in [0.29, 0.717) is 29.9 Å². The molecular weight excluding hydrogens is 432 g/mol. The maximum atomic E-state index is 12.1. The van der Waals surface area contributed by atoms with Crippen molar-refractivity contribution in [1.82, 2.24) is 0 Å². The Bertz CT molecular complexity index is 940. The minimum atomic E-state index is -0.353. The minimum absolute atomic E-state index is 0.00300. The molecule has 0 unspecified atom stereocenters. The molecule has 1 saturated heterocycles. The van der Waals surface area contributed by atoms with E-state index in [1.807, 2.05) is 12.1 Å². The molecule has 1 heterocycles. The zero-order chi connectivity index (χ0) is 21.9. The van der Waals surface area contributed by atoms with E-state index >= 15 is 0 Å². The first-order valence-electron chi connectivity index (χ1n) is 10.0. The summed E-state index contributed by atoms with van der Waals surface area (Å²) in [6, 6.07) is 14.1. The summed E-state index contributed by atoms with van der Waals surface area (Å²) < 4.78 is 15.9. The van der Waals surface area contributed by atoms with Gasteiger partial charge in [-0.15, -0.1) is 0 Å². The molecule has 2 aromatic carbocycles. The van der Waals surface area contributed by atoms with Gasteiger partial charge in [-0.1, -0.05) is 39.5 Å². The first-order valence-corrected chi connectivity index (χ1v) is 12.5. The minimum Gasteiger partial charge on any atom is -0.497 e. The number of esters is 2. The summed E-state index contributed by atoms with van der Waals surface area (Å²) in [6.07, 6.45) is 2.28. The van der Waals surface area contributed by atoms with Crippen molar-refractivity contribution in [3.63, 3.8) is 0 Å². The molecule has 3 rings (SSSR count). The Morgan fingerprint density at radius 2 is 1.77 bits per heavy atom. The van der Waals surface area contributed by atoms with Gasteiger partial charge in [-0.3, -0.25) is 0 Å². The number of ether oxygens (including phenoxy) is 3. The second-order valence-corrected chi connectivity index (χ2v) is 9.35. The monoisotopic (exact) mass is 456 g/mol. The average Bonchev–Trinajstić information content (AvgIpc) is 3.31. The number of hydrogen-bond acceptors (Lipinski definition) is 7. The highest BCUT2D eigenvalue weighted by Crippen LogP contribution is 2.32. The Hall–Kier alpha value is -2.56. The molecule has 0 atom stereocenters. The Morgan fingerprint density at radius 1 is 1.00 bits per heavy atom. The number of unbranched alkanes of at least 4 members (excludes halogenated alkanes) is 2. The zero-order valence-electron chi connectivity index (χ0n) is 17.3. The Balaban J connectivity index is 1.34. The fourth-order valence-electron chi connectivity index (χ4n) is 2.75. The van der Waals surface area contributed by atoms with Crippen LogP contribution in [-0.2, 0) is 9.47 Å². The molecule has 0 saturated carbocycles. The second-order valence-electron chi connectivity index (χ2n) is 6.80. The zero-order valence-corrected chi connectivity index (χ0v) is 18.9. The molecule has 31 heavy (non-hydrogen) atoms. The first kappa shape index (κ1) is 23.1. The fourth-order valence-corrected chi connectivity index (χ4v) is 5.26. The smallest absolute Gasteiger partial charge is 0.338 e. The van der Waals surface area contributed by atoms with Crippen LogP contribution >= 0.6 is 21.6 Å². The molecule has 1 aliphatic rings. The second kappa shape index (κ2) is 12.3. The molecule has 5 nitrogen and oxygen atoms in total. The van der Waals surface area contributed by atoms with Crippen molar-refractivity contribution in [2.24, 2.45) is 0 Å². The maximum absolute atomic E-state index is 12.1. The van der Waals surface area contributed by atoms with Crippen LogP contribution in [0.3, 0.4) is 0 Å². The third kappa shape index (κ3) is 7.57. The Labute approximate surface area is 190 Å². The van der Waals surface area contributed by atoms with Crippen LogP contribution in [-0.4, -0.2) is 43.3 Å². The van der Waals surface area contributed by atoms with Crippen molar-refractivity contribution in [2.45, 2.75) is 25.4 Å². The molecule has 1 fully saturated rings. The summed E-state index contributed by atoms with van der Waals surface area (Å²) in [5.41, 5.74) is 1.88. The molecule has 0 bridgehead atoms. The Kier molecular flexibility index (Phi) is 9.19. The van der Waals surface area contributed by atoms with E-state index < -0.39 is 0 Å². The third-order valence-corrected chi connectivity index (χ3v) is 6.95. The quantitative estimate of drug-likeness (QED) is 0.240. The highest BCUT2D eigenvalue weighted by Gasteiger charge is 2.21. The van der Waals surface area contributed by atoms with Crippen LogP contribution in [0, 0.1) is 11.8 Å². The van der Waals surface area contributed by atoms with Crippen LogP contribution in [0.5, 0.6) is 5.75 Å². The summed E-state index contributed by atoms with van der Waals surface area (Å²) in [5.74, 6) is 7.89. The highest BCUT2D eigenvalue weighted by molar-refractivity contribution is 8.77. The van der Waals surface area contributed by atoms with Crippen molar-refractivity contribution in [3.05, 3.63) is 65.2 Å². The number of rotatable bonds is 8. The largest absolute Gasteiger partial charge is 0.497 e. The van der Waals surface area contributed by atoms with E-state index in [1.54, 1.807) is 65.1 Å². The maximum Gasteiger partial charge on any atom is 0.338 e. The SMILES string of the molecule is COc1cccc(C(=O)OCCCCC#Cc2ccc(C(=O)OC3CSSC3)cc2)c1. The van der Waals surface area contributed by atoms with Gasteiger partial charge in [0.05, 0.1) is 24.8 Å². The highest BCUT2D eigenvalue weighted by atomic mass is 33.1. The van der Waals surface area contributed by atoms with Gasteiger partial charge in [0.1, 0.15) is 11.9 Å². The van der Waals surface area contributed by atoms with E-state index in [1.165, 1.54) is 0 Å². The van der Waals surface area contributed by atoms with Gasteiger partial charge in [-0.05, 0) is 55.3 Å². The lowest BCUT2D eigenvalue weighted by Gasteiger charge is -2.09. The predicted molar refractivity (Wildman–Crippen MR) is 125 cm³/mol. The molecule has 0 N–H and O–H groups in total. The molecule has 7 heteroatoms. The van der Waals surface area contributed by atoms with Crippen molar-refractivity contribution in [3.8, 4) is 17.6 Å². The molecular formula is C24H24O5S2. The number of carbonyl (C=O) groups excluding carboxylic acids is 2. The van der Waals surface area contributed by atoms with Crippen LogP contribution in [0.15, 0.2) is 48.5 Å². The average molecular weight is 457 g/mol. The number of hydrogen-bond donors (Lipinski definition) is 0. The molecule has 0 aromatic heterocycles. The van der Waals surface area contributed by atoms with Gasteiger partial charge in [-0.25, -0.2) is 9.59 Å². The predicted octanol–water partition coefficient (Wildman–Crippen LogP) is 4.99. The van der Waals surface area contributed by atoms with Gasteiger partial charge < -0.3 is 14.2 Å². The number of benzene rings is 2. The van der Waals surface area contributed by atoms with Crippen molar-refractivity contribution in [2.75, 3.05) is 25.2 Å². The van der Waals surface area contributed by atoms with Crippen LogP contribution < -0.4 is 4.74 Å². The van der Waals surface area contributed by atoms with E-state index in [2.05, 4.69) is 11.8 Å². The van der Waals surface area contributed by atoms with Gasteiger partial charge in [0.25, 0.3) is 0 Å². The molecule has 1 aliphatic heterocycles. The van der Waals surface area contributed by atoms with E-state index in [0.717, 1.165) is 29.9 Å². The summed E-state index contributed by atoms with van der Waals surface area (Å²) in [7, 11) is 5.02. The first-order chi connectivity index (χ1) is 15.2. The normalized spacial score (nSPS) is 13.2. The fraction of sp³-hybridized carbons (Fsp3) is 0.333. The van der Waals surface area contributed by atoms with Gasteiger partial charge in [-0.2, -0.15) is 0 Å². The van der Waals surface area contributed by atoms with Gasteiger partial charge in [0, 0.05) is 23.5 Å². The number of methoxy groups -OCH3 is 1. The standard InChI is InChI=1S/C24H24O5S2/c1-27-21-9-6-8-20(15-21)23(25)28-14-5-3-2-4-7-18-10-12-19(13-11-18)24(26)29-22-16-30-31-17-22/h6,8-13,15,22H,2-3,5,14,16-17H2,1H3.